The van der Waals surface area contributed by atoms with Crippen molar-refractivity contribution in [1.82, 2.24) is 4.98 Å². The van der Waals surface area contributed by atoms with E-state index in [1.54, 1.807) is 18.5 Å². The van der Waals surface area contributed by atoms with Crippen LogP contribution in [0.4, 0.5) is 17.1 Å². The minimum Gasteiger partial charge on any atom is -0.384 e. The van der Waals surface area contributed by atoms with Gasteiger partial charge in [-0.3, -0.25) is 4.98 Å². The summed E-state index contributed by atoms with van der Waals surface area (Å²) in [6.07, 6.45) is 3.52. The smallest absolute Gasteiger partial charge is 0.0591 e. The molecule has 0 atom stereocenters. The van der Waals surface area contributed by atoms with E-state index >= 15 is 0 Å². The number of hydrogen-bond donors (Lipinski definition) is 2. The monoisotopic (exact) mass is 281 g/mol. The Labute approximate surface area is 116 Å². The number of pyridine rings is 1. The Hall–Kier alpha value is -1.45. The van der Waals surface area contributed by atoms with Gasteiger partial charge in [-0.1, -0.05) is 23.2 Å². The van der Waals surface area contributed by atoms with Crippen molar-refractivity contribution >= 4 is 40.3 Å². The predicted octanol–water partition coefficient (Wildman–Crippen LogP) is 4.56. The van der Waals surface area contributed by atoms with Gasteiger partial charge in [-0.05, 0) is 31.2 Å². The summed E-state index contributed by atoms with van der Waals surface area (Å²) in [6, 6.07) is 7.30. The van der Waals surface area contributed by atoms with Gasteiger partial charge in [0.25, 0.3) is 0 Å². The second-order valence-electron chi connectivity index (χ2n) is 3.78. The topological polar surface area (TPSA) is 37.0 Å². The van der Waals surface area contributed by atoms with E-state index in [1.165, 1.54) is 0 Å². The molecule has 5 heteroatoms. The zero-order chi connectivity index (χ0) is 13.0. The first-order valence-electron chi connectivity index (χ1n) is 5.59. The number of rotatable bonds is 4. The minimum absolute atomic E-state index is 0.598. The van der Waals surface area contributed by atoms with Crippen LogP contribution in [0.2, 0.25) is 10.0 Å². The summed E-state index contributed by atoms with van der Waals surface area (Å²) in [4.78, 5) is 4.15. The number of anilines is 3. The van der Waals surface area contributed by atoms with Gasteiger partial charge in [0.15, 0.2) is 0 Å². The maximum atomic E-state index is 5.94. The molecule has 0 saturated heterocycles. The highest BCUT2D eigenvalue weighted by atomic mass is 35.5. The number of hydrogen-bond acceptors (Lipinski definition) is 3. The Bertz CT molecular complexity index is 523. The summed E-state index contributed by atoms with van der Waals surface area (Å²) in [6.45, 7) is 2.89. The van der Waals surface area contributed by atoms with Gasteiger partial charge in [0.2, 0.25) is 0 Å². The molecule has 0 aliphatic heterocycles. The molecule has 1 heterocycles. The summed E-state index contributed by atoms with van der Waals surface area (Å²) in [7, 11) is 0. The van der Waals surface area contributed by atoms with Crippen molar-refractivity contribution in [1.29, 1.82) is 0 Å². The molecule has 1 aromatic heterocycles. The molecule has 0 aliphatic rings. The number of nitrogens with one attached hydrogen (secondary N) is 2. The molecule has 3 nitrogen and oxygen atoms in total. The molecule has 0 amide bonds. The van der Waals surface area contributed by atoms with E-state index in [-0.39, 0.29) is 0 Å². The van der Waals surface area contributed by atoms with Gasteiger partial charge in [-0.25, -0.2) is 0 Å². The van der Waals surface area contributed by atoms with Gasteiger partial charge < -0.3 is 10.6 Å². The lowest BCUT2D eigenvalue weighted by atomic mass is 10.3. The van der Waals surface area contributed by atoms with E-state index in [2.05, 4.69) is 15.6 Å². The van der Waals surface area contributed by atoms with Crippen LogP contribution in [0.15, 0.2) is 36.7 Å². The average molecular weight is 282 g/mol. The molecule has 0 spiro atoms. The molecule has 2 N–H and O–H groups in total. The lowest BCUT2D eigenvalue weighted by molar-refractivity contribution is 1.19. The summed E-state index contributed by atoms with van der Waals surface area (Å²) in [5.74, 6) is 0. The van der Waals surface area contributed by atoms with Crippen molar-refractivity contribution in [3.8, 4) is 0 Å². The predicted molar refractivity (Wildman–Crippen MR) is 78.1 cm³/mol. The van der Waals surface area contributed by atoms with E-state index in [0.717, 1.165) is 23.6 Å². The number of nitrogens with zero attached hydrogens (tertiary/aromatic N) is 1. The van der Waals surface area contributed by atoms with Crippen molar-refractivity contribution < 1.29 is 0 Å². The van der Waals surface area contributed by atoms with E-state index in [4.69, 9.17) is 23.2 Å². The molecule has 0 fully saturated rings. The van der Waals surface area contributed by atoms with Crippen LogP contribution in [0, 0.1) is 0 Å². The molecule has 18 heavy (non-hydrogen) atoms. The average Bonchev–Trinajstić information content (AvgIpc) is 2.28. The molecule has 0 saturated carbocycles. The standard InChI is InChI=1S/C13H13Cl2N3/c1-2-17-12-6-13(8-16-7-12)18-11-4-9(14)3-10(15)5-11/h3-8,17-18H,2H2,1H3. The number of aromatic nitrogens is 1. The van der Waals surface area contributed by atoms with Crippen LogP contribution < -0.4 is 10.6 Å². The lowest BCUT2D eigenvalue weighted by Crippen LogP contribution is -1.98. The molecule has 1 aromatic carbocycles. The zero-order valence-electron chi connectivity index (χ0n) is 9.87. The van der Waals surface area contributed by atoms with Crippen LogP contribution in [0.25, 0.3) is 0 Å². The third-order valence-electron chi connectivity index (χ3n) is 2.27. The largest absolute Gasteiger partial charge is 0.384 e. The Morgan fingerprint density at radius 1 is 0.944 bits per heavy atom. The van der Waals surface area contributed by atoms with E-state index in [0.29, 0.717) is 10.0 Å². The fraction of sp³-hybridized carbons (Fsp3) is 0.154. The third kappa shape index (κ3) is 3.52. The highest BCUT2D eigenvalue weighted by Crippen LogP contribution is 2.25. The zero-order valence-corrected chi connectivity index (χ0v) is 11.4. The second-order valence-corrected chi connectivity index (χ2v) is 4.65. The van der Waals surface area contributed by atoms with E-state index in [1.807, 2.05) is 25.1 Å². The number of benzene rings is 1. The first kappa shape index (κ1) is 13.0. The Morgan fingerprint density at radius 2 is 1.61 bits per heavy atom. The third-order valence-corrected chi connectivity index (χ3v) is 2.71. The molecule has 2 aromatic rings. The van der Waals surface area contributed by atoms with Crippen molar-refractivity contribution in [3.05, 3.63) is 46.7 Å². The van der Waals surface area contributed by atoms with Gasteiger partial charge in [-0.15, -0.1) is 0 Å². The van der Waals surface area contributed by atoms with Crippen LogP contribution in [0.3, 0.4) is 0 Å². The molecule has 94 valence electrons. The van der Waals surface area contributed by atoms with Crippen molar-refractivity contribution in [2.75, 3.05) is 17.2 Å². The van der Waals surface area contributed by atoms with Gasteiger partial charge in [0.05, 0.1) is 23.8 Å². The van der Waals surface area contributed by atoms with Crippen molar-refractivity contribution in [2.45, 2.75) is 6.92 Å². The summed E-state index contributed by atoms with van der Waals surface area (Å²) in [5, 5.41) is 7.61. The van der Waals surface area contributed by atoms with Crippen molar-refractivity contribution in [3.63, 3.8) is 0 Å². The normalized spacial score (nSPS) is 10.2. The summed E-state index contributed by atoms with van der Waals surface area (Å²) < 4.78 is 0. The number of halogens is 2. The van der Waals surface area contributed by atoms with E-state index < -0.39 is 0 Å². The fourth-order valence-corrected chi connectivity index (χ4v) is 2.13. The quantitative estimate of drug-likeness (QED) is 0.862. The lowest BCUT2D eigenvalue weighted by Gasteiger charge is -2.09. The van der Waals surface area contributed by atoms with Gasteiger partial charge in [0, 0.05) is 22.3 Å². The second kappa shape index (κ2) is 5.94. The highest BCUT2D eigenvalue weighted by molar-refractivity contribution is 6.35. The van der Waals surface area contributed by atoms with E-state index in [9.17, 15) is 0 Å². The van der Waals surface area contributed by atoms with Crippen LogP contribution in [-0.2, 0) is 0 Å². The first-order valence-corrected chi connectivity index (χ1v) is 6.35. The Morgan fingerprint density at radius 3 is 2.28 bits per heavy atom. The van der Waals surface area contributed by atoms with Crippen LogP contribution in [0.5, 0.6) is 0 Å². The molecule has 0 bridgehead atoms. The fourth-order valence-electron chi connectivity index (χ4n) is 1.60. The SMILES string of the molecule is CCNc1cncc(Nc2cc(Cl)cc(Cl)c2)c1. The van der Waals surface area contributed by atoms with Gasteiger partial charge in [-0.2, -0.15) is 0 Å². The molecule has 0 aliphatic carbocycles. The molecule has 2 rings (SSSR count). The maximum Gasteiger partial charge on any atom is 0.0591 e. The highest BCUT2D eigenvalue weighted by Gasteiger charge is 2.00. The molecular weight excluding hydrogens is 269 g/mol. The molecule has 0 radical (unpaired) electrons. The summed E-state index contributed by atoms with van der Waals surface area (Å²) >= 11 is 11.9. The van der Waals surface area contributed by atoms with Crippen molar-refractivity contribution in [2.24, 2.45) is 0 Å². The maximum absolute atomic E-state index is 5.94. The van der Waals surface area contributed by atoms with Crippen LogP contribution in [0.1, 0.15) is 6.92 Å². The van der Waals surface area contributed by atoms with Crippen LogP contribution in [-0.4, -0.2) is 11.5 Å². The Balaban J connectivity index is 2.20. The summed E-state index contributed by atoms with van der Waals surface area (Å²) in [5.41, 5.74) is 2.69. The van der Waals surface area contributed by atoms with Crippen LogP contribution >= 0.6 is 23.2 Å². The van der Waals surface area contributed by atoms with Gasteiger partial charge in [0.1, 0.15) is 0 Å². The Kier molecular flexibility index (Phi) is 4.28. The molecule has 0 unspecified atom stereocenters. The first-order chi connectivity index (χ1) is 8.67. The van der Waals surface area contributed by atoms with Gasteiger partial charge >= 0.3 is 0 Å². The molecular formula is C13H13Cl2N3. The minimum atomic E-state index is 0.598.